The highest BCUT2D eigenvalue weighted by Crippen LogP contribution is 2.31. The van der Waals surface area contributed by atoms with Crippen molar-refractivity contribution in [2.24, 2.45) is 5.41 Å². The molecule has 4 heterocycles. The number of piperazine rings is 2. The minimum absolute atomic E-state index is 0.0813. The first-order chi connectivity index (χ1) is 26.2. The minimum Gasteiger partial charge on any atom is -0.465 e. The number of nitrogens with zero attached hydrogens (tertiary/aromatic N) is 6. The lowest BCUT2D eigenvalue weighted by molar-refractivity contribution is -0.149. The Kier molecular flexibility index (Phi) is 13.7. The van der Waals surface area contributed by atoms with Crippen molar-refractivity contribution >= 4 is 36.1 Å². The summed E-state index contributed by atoms with van der Waals surface area (Å²) >= 11 is 0. The summed E-state index contributed by atoms with van der Waals surface area (Å²) < 4.78 is 10.4. The molecule has 4 aliphatic heterocycles. The van der Waals surface area contributed by atoms with Gasteiger partial charge in [0.1, 0.15) is 12.6 Å². The topological polar surface area (TPSA) is 161 Å². The molecular formula is C40H54N6O9. The van der Waals surface area contributed by atoms with Crippen LogP contribution in [0.3, 0.4) is 0 Å². The van der Waals surface area contributed by atoms with E-state index >= 15 is 0 Å². The summed E-state index contributed by atoms with van der Waals surface area (Å²) in [6.07, 6.45) is 0.706. The molecule has 6 rings (SSSR count). The molecule has 2 aromatic carbocycles. The second-order valence-electron chi connectivity index (χ2n) is 15.6. The van der Waals surface area contributed by atoms with E-state index in [0.717, 1.165) is 31.5 Å². The lowest BCUT2D eigenvalue weighted by atomic mass is 9.83. The van der Waals surface area contributed by atoms with Crippen LogP contribution in [0, 0.1) is 5.41 Å². The standard InChI is InChI=1S/C22H29N3O6.C18H25N3O3/c1-22(2,3)17-18(26)24(13-14-25(17)20(28)29)16-9-11-23(12-10-16)21(30)31-19(27)15-7-5-4-6-8-15;1-19-11-12-21(17(22)13-19)16-7-9-20(10-8-16)18(23)24-14-15-5-3-2-4-6-15/h4-8,16-17H,9-14H2,1-3H3,(H,28,29);2-6,16H,7-14H2,1H3. The fraction of sp³-hybridized carbons (Fsp3) is 0.550. The molecule has 0 radical (unpaired) electrons. The summed E-state index contributed by atoms with van der Waals surface area (Å²) in [5.74, 6) is -0.684. The molecule has 0 spiro atoms. The van der Waals surface area contributed by atoms with Gasteiger partial charge in [0.25, 0.3) is 0 Å². The molecule has 4 fully saturated rings. The van der Waals surface area contributed by atoms with Crippen LogP contribution < -0.4 is 0 Å². The summed E-state index contributed by atoms with van der Waals surface area (Å²) in [6.45, 7) is 10.7. The molecule has 5 amide bonds. The molecule has 15 heteroatoms. The van der Waals surface area contributed by atoms with Gasteiger partial charge in [0.2, 0.25) is 11.8 Å². The van der Waals surface area contributed by atoms with Crippen molar-refractivity contribution in [3.05, 3.63) is 71.8 Å². The Morgan fingerprint density at radius 2 is 1.24 bits per heavy atom. The van der Waals surface area contributed by atoms with E-state index in [1.54, 1.807) is 40.1 Å². The summed E-state index contributed by atoms with van der Waals surface area (Å²) in [5.41, 5.74) is 0.765. The van der Waals surface area contributed by atoms with Gasteiger partial charge >= 0.3 is 24.2 Å². The number of carboxylic acid groups (broad SMARTS) is 1. The van der Waals surface area contributed by atoms with E-state index in [1.807, 2.05) is 63.1 Å². The third-order valence-corrected chi connectivity index (χ3v) is 10.6. The van der Waals surface area contributed by atoms with Gasteiger partial charge in [0.05, 0.1) is 12.1 Å². The molecule has 4 saturated heterocycles. The van der Waals surface area contributed by atoms with Crippen molar-refractivity contribution in [2.75, 3.05) is 66.0 Å². The lowest BCUT2D eigenvalue weighted by Gasteiger charge is -2.48. The lowest BCUT2D eigenvalue weighted by Crippen LogP contribution is -2.65. The van der Waals surface area contributed by atoms with Crippen molar-refractivity contribution < 1.29 is 43.3 Å². The molecule has 15 nitrogen and oxygen atoms in total. The predicted octanol–water partition coefficient (Wildman–Crippen LogP) is 4.23. The van der Waals surface area contributed by atoms with Gasteiger partial charge in [0.15, 0.2) is 0 Å². The zero-order valence-corrected chi connectivity index (χ0v) is 32.3. The molecule has 0 saturated carbocycles. The Morgan fingerprint density at radius 3 is 1.78 bits per heavy atom. The summed E-state index contributed by atoms with van der Waals surface area (Å²) in [7, 11) is 1.97. The van der Waals surface area contributed by atoms with Gasteiger partial charge in [-0.15, -0.1) is 0 Å². The normalized spacial score (nSPS) is 20.4. The molecule has 298 valence electrons. The Hall–Kier alpha value is -5.18. The van der Waals surface area contributed by atoms with Crippen LogP contribution in [0.25, 0.3) is 0 Å². The number of carbonyl (C=O) groups excluding carboxylic acids is 5. The SMILES string of the molecule is CC(C)(C)C1C(=O)N(C2CCN(C(=O)OC(=O)c3ccccc3)CC2)CCN1C(=O)O.CN1CCN(C2CCN(C(=O)OCc3ccccc3)CC2)C(=O)C1. The smallest absolute Gasteiger partial charge is 0.417 e. The fourth-order valence-electron chi connectivity index (χ4n) is 7.65. The van der Waals surface area contributed by atoms with Gasteiger partial charge < -0.3 is 34.2 Å². The van der Waals surface area contributed by atoms with Crippen LogP contribution in [0.4, 0.5) is 14.4 Å². The van der Waals surface area contributed by atoms with E-state index in [1.165, 1.54) is 9.80 Å². The molecule has 4 aliphatic rings. The monoisotopic (exact) mass is 762 g/mol. The predicted molar refractivity (Wildman–Crippen MR) is 202 cm³/mol. The van der Waals surface area contributed by atoms with E-state index < -0.39 is 29.6 Å². The Morgan fingerprint density at radius 1 is 0.709 bits per heavy atom. The number of piperidine rings is 2. The van der Waals surface area contributed by atoms with Gasteiger partial charge in [0, 0.05) is 64.4 Å². The Bertz CT molecular complexity index is 1650. The summed E-state index contributed by atoms with van der Waals surface area (Å²) in [6, 6.07) is 17.4. The number of likely N-dealkylation sites (tertiary alicyclic amines) is 2. The zero-order chi connectivity index (χ0) is 39.7. The van der Waals surface area contributed by atoms with Crippen molar-refractivity contribution in [1.29, 1.82) is 0 Å². The number of rotatable bonds is 5. The molecule has 1 unspecified atom stereocenters. The molecular weight excluding hydrogens is 708 g/mol. The maximum absolute atomic E-state index is 13.2. The van der Waals surface area contributed by atoms with Gasteiger partial charge in [-0.2, -0.15) is 0 Å². The van der Waals surface area contributed by atoms with Gasteiger partial charge in [-0.25, -0.2) is 19.2 Å². The van der Waals surface area contributed by atoms with Crippen molar-refractivity contribution in [3.8, 4) is 0 Å². The van der Waals surface area contributed by atoms with Crippen LogP contribution in [-0.4, -0.2) is 155 Å². The molecule has 2 aromatic rings. The van der Waals surface area contributed by atoms with E-state index in [0.29, 0.717) is 64.3 Å². The Balaban J connectivity index is 0.000000218. The average molecular weight is 763 g/mol. The van der Waals surface area contributed by atoms with E-state index in [-0.39, 0.29) is 36.5 Å². The zero-order valence-electron chi connectivity index (χ0n) is 32.3. The molecule has 0 aromatic heterocycles. The summed E-state index contributed by atoms with van der Waals surface area (Å²) in [5, 5.41) is 9.51. The van der Waals surface area contributed by atoms with Crippen LogP contribution in [-0.2, 0) is 25.7 Å². The third kappa shape index (κ3) is 10.7. The molecule has 0 aliphatic carbocycles. The van der Waals surface area contributed by atoms with Crippen molar-refractivity contribution in [2.45, 2.75) is 71.2 Å². The average Bonchev–Trinajstić information content (AvgIpc) is 3.17. The largest absolute Gasteiger partial charge is 0.465 e. The van der Waals surface area contributed by atoms with Crippen LogP contribution in [0.2, 0.25) is 0 Å². The van der Waals surface area contributed by atoms with Gasteiger partial charge in [-0.05, 0) is 55.8 Å². The number of esters is 1. The number of hydrogen-bond acceptors (Lipinski definition) is 9. The highest BCUT2D eigenvalue weighted by molar-refractivity contribution is 5.96. The second-order valence-corrected chi connectivity index (χ2v) is 15.6. The highest BCUT2D eigenvalue weighted by atomic mass is 16.6. The quantitative estimate of drug-likeness (QED) is 0.345. The van der Waals surface area contributed by atoms with Crippen LogP contribution in [0.1, 0.15) is 62.4 Å². The first-order valence-electron chi connectivity index (χ1n) is 19.0. The third-order valence-electron chi connectivity index (χ3n) is 10.6. The highest BCUT2D eigenvalue weighted by Gasteiger charge is 2.46. The number of ether oxygens (including phenoxy) is 2. The van der Waals surface area contributed by atoms with Crippen molar-refractivity contribution in [3.63, 3.8) is 0 Å². The van der Waals surface area contributed by atoms with E-state index in [4.69, 9.17) is 9.47 Å². The number of carbonyl (C=O) groups is 6. The van der Waals surface area contributed by atoms with Gasteiger partial charge in [-0.1, -0.05) is 69.3 Å². The maximum Gasteiger partial charge on any atom is 0.417 e. The maximum atomic E-state index is 13.2. The van der Waals surface area contributed by atoms with Crippen LogP contribution in [0.15, 0.2) is 60.7 Å². The number of hydrogen-bond donors (Lipinski definition) is 1. The first-order valence-corrected chi connectivity index (χ1v) is 19.0. The Labute approximate surface area is 322 Å². The number of benzene rings is 2. The fourth-order valence-corrected chi connectivity index (χ4v) is 7.65. The number of likely N-dealkylation sites (N-methyl/N-ethyl adjacent to an activating group) is 1. The molecule has 55 heavy (non-hydrogen) atoms. The molecule has 0 bridgehead atoms. The van der Waals surface area contributed by atoms with Crippen LogP contribution >= 0.6 is 0 Å². The van der Waals surface area contributed by atoms with Gasteiger partial charge in [-0.3, -0.25) is 19.4 Å². The molecule has 1 N–H and O–H groups in total. The number of amides is 5. The molecule has 1 atom stereocenters. The van der Waals surface area contributed by atoms with E-state index in [2.05, 4.69) is 4.90 Å². The summed E-state index contributed by atoms with van der Waals surface area (Å²) in [4.78, 5) is 83.8. The van der Waals surface area contributed by atoms with Crippen molar-refractivity contribution in [1.82, 2.24) is 29.4 Å². The minimum atomic E-state index is -1.09. The van der Waals surface area contributed by atoms with E-state index in [9.17, 15) is 33.9 Å². The second kappa shape index (κ2) is 18.4. The first kappa shape index (κ1) is 41.0. The van der Waals surface area contributed by atoms with Crippen LogP contribution in [0.5, 0.6) is 0 Å².